The van der Waals surface area contributed by atoms with Crippen molar-refractivity contribution in [1.29, 1.82) is 0 Å². The summed E-state index contributed by atoms with van der Waals surface area (Å²) < 4.78 is 0. The second-order valence-corrected chi connectivity index (χ2v) is 5.63. The number of nitrogens with two attached hydrogens (primary N) is 1. The summed E-state index contributed by atoms with van der Waals surface area (Å²) >= 11 is 0. The maximum atomic E-state index is 5.86. The molecule has 1 aromatic rings. The molecule has 1 heterocycles. The zero-order valence-corrected chi connectivity index (χ0v) is 11.2. The van der Waals surface area contributed by atoms with Crippen LogP contribution in [0.15, 0.2) is 18.2 Å². The van der Waals surface area contributed by atoms with Crippen LogP contribution in [0, 0.1) is 0 Å². The van der Waals surface area contributed by atoms with E-state index in [1.165, 1.54) is 43.5 Å². The third-order valence-corrected chi connectivity index (χ3v) is 4.58. The maximum absolute atomic E-state index is 5.86. The van der Waals surface area contributed by atoms with Crippen LogP contribution < -0.4 is 16.0 Å². The Morgan fingerprint density at radius 2 is 2.00 bits per heavy atom. The van der Waals surface area contributed by atoms with Gasteiger partial charge in [-0.1, -0.05) is 0 Å². The molecular weight excluding hydrogens is 222 g/mol. The molecule has 18 heavy (non-hydrogen) atoms. The average Bonchev–Trinajstić information content (AvgIpc) is 2.81. The predicted molar refractivity (Wildman–Crippen MR) is 77.0 cm³/mol. The Balaban J connectivity index is 1.73. The lowest BCUT2D eigenvalue weighted by atomic mass is 9.90. The van der Waals surface area contributed by atoms with Gasteiger partial charge in [-0.15, -0.1) is 0 Å². The van der Waals surface area contributed by atoms with E-state index in [1.54, 1.807) is 0 Å². The van der Waals surface area contributed by atoms with E-state index in [4.69, 9.17) is 5.73 Å². The van der Waals surface area contributed by atoms with Gasteiger partial charge in [0, 0.05) is 30.0 Å². The number of nitrogens with zero attached hydrogens (tertiary/aromatic N) is 1. The molecule has 1 fully saturated rings. The largest absolute Gasteiger partial charge is 0.399 e. The molecule has 0 radical (unpaired) electrons. The number of nitrogens with one attached hydrogen (secondary N) is 1. The number of nitrogen functional groups attached to an aromatic ring is 1. The Morgan fingerprint density at radius 3 is 2.72 bits per heavy atom. The number of fused-ring (bicyclic) bond motifs is 1. The SMILES string of the molecule is CNC1CCC(N2CCc3cc(N)ccc32)CC1. The minimum Gasteiger partial charge on any atom is -0.399 e. The quantitative estimate of drug-likeness (QED) is 0.785. The van der Waals surface area contributed by atoms with Crippen LogP contribution in [0.25, 0.3) is 0 Å². The molecule has 1 saturated carbocycles. The second-order valence-electron chi connectivity index (χ2n) is 5.63. The Bertz CT molecular complexity index is 422. The molecule has 0 saturated heterocycles. The molecule has 2 aliphatic rings. The van der Waals surface area contributed by atoms with Crippen LogP contribution in [-0.4, -0.2) is 25.7 Å². The van der Waals surface area contributed by atoms with Crippen LogP contribution in [-0.2, 0) is 6.42 Å². The van der Waals surface area contributed by atoms with E-state index < -0.39 is 0 Å². The van der Waals surface area contributed by atoms with Crippen molar-refractivity contribution < 1.29 is 0 Å². The molecule has 3 nitrogen and oxygen atoms in total. The average molecular weight is 245 g/mol. The maximum Gasteiger partial charge on any atom is 0.0403 e. The number of anilines is 2. The zero-order valence-electron chi connectivity index (χ0n) is 11.2. The molecular formula is C15H23N3. The van der Waals surface area contributed by atoms with Crippen LogP contribution in [0.2, 0.25) is 0 Å². The molecule has 3 N–H and O–H groups in total. The lowest BCUT2D eigenvalue weighted by molar-refractivity contribution is 0.347. The van der Waals surface area contributed by atoms with Crippen molar-refractivity contribution in [3.63, 3.8) is 0 Å². The topological polar surface area (TPSA) is 41.3 Å². The van der Waals surface area contributed by atoms with E-state index in [9.17, 15) is 0 Å². The number of rotatable bonds is 2. The first-order valence-electron chi connectivity index (χ1n) is 7.10. The van der Waals surface area contributed by atoms with Crippen molar-refractivity contribution in [2.75, 3.05) is 24.2 Å². The van der Waals surface area contributed by atoms with E-state index in [-0.39, 0.29) is 0 Å². The summed E-state index contributed by atoms with van der Waals surface area (Å²) in [6.45, 7) is 1.17. The standard InChI is InChI=1S/C15H23N3/c1-17-13-3-5-14(6-4-13)18-9-8-11-10-12(16)2-7-15(11)18/h2,7,10,13-14,17H,3-6,8-9,16H2,1H3. The third kappa shape index (κ3) is 2.07. The fraction of sp³-hybridized carbons (Fsp3) is 0.600. The van der Waals surface area contributed by atoms with E-state index in [2.05, 4.69) is 29.4 Å². The first kappa shape index (κ1) is 11.8. The van der Waals surface area contributed by atoms with Gasteiger partial charge in [0.1, 0.15) is 0 Å². The number of hydrogen-bond donors (Lipinski definition) is 2. The molecule has 3 heteroatoms. The summed E-state index contributed by atoms with van der Waals surface area (Å²) in [6, 6.07) is 7.86. The van der Waals surface area contributed by atoms with Crippen LogP contribution in [0.1, 0.15) is 31.2 Å². The van der Waals surface area contributed by atoms with Gasteiger partial charge >= 0.3 is 0 Å². The van der Waals surface area contributed by atoms with Gasteiger partial charge in [0.15, 0.2) is 0 Å². The predicted octanol–water partition coefficient (Wildman–Crippen LogP) is 2.16. The molecule has 1 aromatic carbocycles. The molecule has 1 aliphatic heterocycles. The van der Waals surface area contributed by atoms with E-state index in [0.29, 0.717) is 0 Å². The minimum absolute atomic E-state index is 0.731. The summed E-state index contributed by atoms with van der Waals surface area (Å²) in [5.74, 6) is 0. The summed E-state index contributed by atoms with van der Waals surface area (Å²) in [7, 11) is 2.08. The van der Waals surface area contributed by atoms with Crippen LogP contribution in [0.5, 0.6) is 0 Å². The van der Waals surface area contributed by atoms with E-state index in [1.807, 2.05) is 6.07 Å². The fourth-order valence-corrected chi connectivity index (χ4v) is 3.50. The highest BCUT2D eigenvalue weighted by atomic mass is 15.2. The van der Waals surface area contributed by atoms with E-state index in [0.717, 1.165) is 24.2 Å². The first-order valence-corrected chi connectivity index (χ1v) is 7.10. The van der Waals surface area contributed by atoms with Crippen molar-refractivity contribution in [3.8, 4) is 0 Å². The van der Waals surface area contributed by atoms with Crippen molar-refractivity contribution in [1.82, 2.24) is 5.32 Å². The lowest BCUT2D eigenvalue weighted by Gasteiger charge is -2.36. The minimum atomic E-state index is 0.731. The van der Waals surface area contributed by atoms with Gasteiger partial charge in [0.25, 0.3) is 0 Å². The second kappa shape index (κ2) is 4.81. The van der Waals surface area contributed by atoms with Gasteiger partial charge in [0.2, 0.25) is 0 Å². The van der Waals surface area contributed by atoms with Crippen molar-refractivity contribution >= 4 is 11.4 Å². The van der Waals surface area contributed by atoms with Gasteiger partial charge < -0.3 is 16.0 Å². The van der Waals surface area contributed by atoms with Crippen LogP contribution in [0.4, 0.5) is 11.4 Å². The normalized spacial score (nSPS) is 27.3. The summed E-state index contributed by atoms with van der Waals surface area (Å²) in [6.07, 6.45) is 6.40. The number of hydrogen-bond acceptors (Lipinski definition) is 3. The molecule has 98 valence electrons. The lowest BCUT2D eigenvalue weighted by Crippen LogP contribution is -2.41. The molecule has 0 atom stereocenters. The fourth-order valence-electron chi connectivity index (χ4n) is 3.50. The summed E-state index contributed by atoms with van der Waals surface area (Å²) in [4.78, 5) is 2.61. The first-order chi connectivity index (χ1) is 8.78. The van der Waals surface area contributed by atoms with Crippen molar-refractivity contribution in [2.45, 2.75) is 44.2 Å². The van der Waals surface area contributed by atoms with Gasteiger partial charge in [-0.2, -0.15) is 0 Å². The Hall–Kier alpha value is -1.22. The monoisotopic (exact) mass is 245 g/mol. The third-order valence-electron chi connectivity index (χ3n) is 4.58. The Morgan fingerprint density at radius 1 is 1.22 bits per heavy atom. The smallest absolute Gasteiger partial charge is 0.0403 e. The van der Waals surface area contributed by atoms with Crippen LogP contribution in [0.3, 0.4) is 0 Å². The molecule has 1 aliphatic carbocycles. The van der Waals surface area contributed by atoms with Crippen molar-refractivity contribution in [3.05, 3.63) is 23.8 Å². The highest BCUT2D eigenvalue weighted by Crippen LogP contribution is 2.35. The Labute approximate surface area is 109 Å². The molecule has 0 amide bonds. The summed E-state index contributed by atoms with van der Waals surface area (Å²) in [5.41, 5.74) is 9.63. The molecule has 3 rings (SSSR count). The number of benzene rings is 1. The van der Waals surface area contributed by atoms with Gasteiger partial charge in [-0.3, -0.25) is 0 Å². The highest BCUT2D eigenvalue weighted by molar-refractivity contribution is 5.63. The van der Waals surface area contributed by atoms with Gasteiger partial charge in [-0.25, -0.2) is 0 Å². The zero-order chi connectivity index (χ0) is 12.5. The summed E-state index contributed by atoms with van der Waals surface area (Å²) in [5, 5.41) is 3.41. The molecule has 0 bridgehead atoms. The molecule has 0 unspecified atom stereocenters. The van der Waals surface area contributed by atoms with Crippen molar-refractivity contribution in [2.24, 2.45) is 0 Å². The van der Waals surface area contributed by atoms with Crippen LogP contribution >= 0.6 is 0 Å². The highest BCUT2D eigenvalue weighted by Gasteiger charge is 2.29. The molecule has 0 aromatic heterocycles. The van der Waals surface area contributed by atoms with E-state index >= 15 is 0 Å². The van der Waals surface area contributed by atoms with Gasteiger partial charge in [-0.05, 0) is 62.9 Å². The Kier molecular flexibility index (Phi) is 3.16. The molecule has 0 spiro atoms. The van der Waals surface area contributed by atoms with Gasteiger partial charge in [0.05, 0.1) is 0 Å².